The Labute approximate surface area is 125 Å². The van der Waals surface area contributed by atoms with Gasteiger partial charge < -0.3 is 10.5 Å². The molecule has 3 nitrogen and oxygen atoms in total. The molecule has 1 unspecified atom stereocenters. The summed E-state index contributed by atoms with van der Waals surface area (Å²) in [5.41, 5.74) is 8.14. The minimum atomic E-state index is -0.260. The van der Waals surface area contributed by atoms with Crippen LogP contribution < -0.4 is 5.73 Å². The number of carbonyl (C=O) groups excluding carboxylic acids is 1. The molecule has 0 fully saturated rings. The highest BCUT2D eigenvalue weighted by atomic mass is 32.1. The van der Waals surface area contributed by atoms with E-state index in [1.807, 2.05) is 13.8 Å². The molecule has 4 heteroatoms. The van der Waals surface area contributed by atoms with Gasteiger partial charge in [-0.1, -0.05) is 20.8 Å². The lowest BCUT2D eigenvalue weighted by atomic mass is 9.72. The van der Waals surface area contributed by atoms with Crippen LogP contribution in [0.1, 0.15) is 61.8 Å². The molecule has 0 aliphatic heterocycles. The number of nitrogens with two attached hydrogens (primary N) is 1. The number of thiophene rings is 1. The first-order valence-corrected chi connectivity index (χ1v) is 8.12. The highest BCUT2D eigenvalue weighted by molar-refractivity contribution is 7.16. The standard InChI is InChI=1S/C16H25NO2S/c1-9(2)19-15(18)13-11-7-6-10(16(3,4)5)8-12(11)20-14(13)17/h9-10H,6-8,17H2,1-5H3. The van der Waals surface area contributed by atoms with Gasteiger partial charge in [0.25, 0.3) is 0 Å². The molecule has 1 heterocycles. The number of nitrogen functional groups attached to an aromatic ring is 1. The molecule has 1 atom stereocenters. The van der Waals surface area contributed by atoms with Crippen molar-refractivity contribution in [2.45, 2.75) is 60.0 Å². The maximum absolute atomic E-state index is 12.2. The summed E-state index contributed by atoms with van der Waals surface area (Å²) >= 11 is 1.57. The fourth-order valence-electron chi connectivity index (χ4n) is 2.84. The summed E-state index contributed by atoms with van der Waals surface area (Å²) in [7, 11) is 0. The van der Waals surface area contributed by atoms with Crippen molar-refractivity contribution in [1.29, 1.82) is 0 Å². The summed E-state index contributed by atoms with van der Waals surface area (Å²) in [6, 6.07) is 0. The van der Waals surface area contributed by atoms with E-state index in [1.54, 1.807) is 11.3 Å². The molecule has 2 N–H and O–H groups in total. The van der Waals surface area contributed by atoms with Crippen molar-refractivity contribution in [3.63, 3.8) is 0 Å². The lowest BCUT2D eigenvalue weighted by Gasteiger charge is -2.33. The summed E-state index contributed by atoms with van der Waals surface area (Å²) in [6.07, 6.45) is 2.98. The maximum atomic E-state index is 12.2. The number of fused-ring (bicyclic) bond motifs is 1. The molecular weight excluding hydrogens is 270 g/mol. The zero-order valence-corrected chi connectivity index (χ0v) is 13.9. The summed E-state index contributed by atoms with van der Waals surface area (Å²) in [5, 5.41) is 0.621. The molecule has 2 rings (SSSR count). The van der Waals surface area contributed by atoms with E-state index in [-0.39, 0.29) is 12.1 Å². The highest BCUT2D eigenvalue weighted by Crippen LogP contribution is 2.43. The highest BCUT2D eigenvalue weighted by Gasteiger charge is 2.33. The predicted molar refractivity (Wildman–Crippen MR) is 84.3 cm³/mol. The van der Waals surface area contributed by atoms with Crippen LogP contribution in [0.25, 0.3) is 0 Å². The average Bonchev–Trinajstić information content (AvgIpc) is 2.61. The molecule has 1 aromatic rings. The third-order valence-corrected chi connectivity index (χ3v) is 5.15. The van der Waals surface area contributed by atoms with E-state index in [2.05, 4.69) is 20.8 Å². The van der Waals surface area contributed by atoms with Gasteiger partial charge in [-0.05, 0) is 50.0 Å². The smallest absolute Gasteiger partial charge is 0.341 e. The Kier molecular flexibility index (Phi) is 4.14. The Bertz CT molecular complexity index is 511. The summed E-state index contributed by atoms with van der Waals surface area (Å²) in [5.74, 6) is 0.395. The molecule has 0 spiro atoms. The van der Waals surface area contributed by atoms with E-state index in [4.69, 9.17) is 10.5 Å². The van der Waals surface area contributed by atoms with Gasteiger partial charge in [0.15, 0.2) is 0 Å². The zero-order valence-electron chi connectivity index (χ0n) is 13.1. The van der Waals surface area contributed by atoms with Gasteiger partial charge in [0.1, 0.15) is 5.00 Å². The van der Waals surface area contributed by atoms with Crippen LogP contribution in [0, 0.1) is 11.3 Å². The quantitative estimate of drug-likeness (QED) is 0.838. The number of hydrogen-bond donors (Lipinski definition) is 1. The Hall–Kier alpha value is -1.03. The van der Waals surface area contributed by atoms with Gasteiger partial charge in [0, 0.05) is 4.88 Å². The number of rotatable bonds is 2. The lowest BCUT2D eigenvalue weighted by Crippen LogP contribution is -2.26. The van der Waals surface area contributed by atoms with E-state index < -0.39 is 0 Å². The van der Waals surface area contributed by atoms with E-state index in [0.717, 1.165) is 24.8 Å². The fourth-order valence-corrected chi connectivity index (χ4v) is 4.03. The first-order chi connectivity index (χ1) is 9.20. The topological polar surface area (TPSA) is 52.3 Å². The predicted octanol–water partition coefficient (Wildman–Crippen LogP) is 4.05. The van der Waals surface area contributed by atoms with Gasteiger partial charge in [-0.3, -0.25) is 0 Å². The van der Waals surface area contributed by atoms with E-state index in [9.17, 15) is 4.79 Å². The van der Waals surface area contributed by atoms with Gasteiger partial charge in [-0.25, -0.2) is 4.79 Å². The SMILES string of the molecule is CC(C)OC(=O)c1c(N)sc2c1CCC(C(C)(C)C)C2. The van der Waals surface area contributed by atoms with Crippen molar-refractivity contribution in [2.24, 2.45) is 11.3 Å². The number of anilines is 1. The first-order valence-electron chi connectivity index (χ1n) is 7.31. The van der Waals surface area contributed by atoms with Crippen molar-refractivity contribution in [3.8, 4) is 0 Å². The molecule has 0 saturated heterocycles. The van der Waals surface area contributed by atoms with Crippen LogP contribution in [-0.2, 0) is 17.6 Å². The second-order valence-corrected chi connectivity index (χ2v) is 8.14. The van der Waals surface area contributed by atoms with Crippen molar-refractivity contribution >= 4 is 22.3 Å². The van der Waals surface area contributed by atoms with Gasteiger partial charge in [-0.15, -0.1) is 11.3 Å². The Morgan fingerprint density at radius 1 is 1.40 bits per heavy atom. The Morgan fingerprint density at radius 3 is 2.60 bits per heavy atom. The van der Waals surface area contributed by atoms with Crippen molar-refractivity contribution in [2.75, 3.05) is 5.73 Å². The first kappa shape index (κ1) is 15.4. The van der Waals surface area contributed by atoms with Crippen LogP contribution >= 0.6 is 11.3 Å². The van der Waals surface area contributed by atoms with Crippen molar-refractivity contribution in [1.82, 2.24) is 0 Å². The summed E-state index contributed by atoms with van der Waals surface area (Å²) < 4.78 is 5.32. The molecule has 0 aromatic carbocycles. The minimum Gasteiger partial charge on any atom is -0.459 e. The normalized spacial score (nSPS) is 19.0. The third-order valence-electron chi connectivity index (χ3n) is 4.06. The fraction of sp³-hybridized carbons (Fsp3) is 0.688. The van der Waals surface area contributed by atoms with Crippen molar-refractivity contribution < 1.29 is 9.53 Å². The second kappa shape index (κ2) is 5.40. The number of esters is 1. The molecule has 0 saturated carbocycles. The summed E-state index contributed by atoms with van der Waals surface area (Å²) in [4.78, 5) is 13.5. The summed E-state index contributed by atoms with van der Waals surface area (Å²) in [6.45, 7) is 10.6. The minimum absolute atomic E-state index is 0.108. The lowest BCUT2D eigenvalue weighted by molar-refractivity contribution is 0.0378. The van der Waals surface area contributed by atoms with Crippen molar-refractivity contribution in [3.05, 3.63) is 16.0 Å². The molecule has 1 aliphatic carbocycles. The Balaban J connectivity index is 2.28. The molecule has 112 valence electrons. The number of hydrogen-bond acceptors (Lipinski definition) is 4. The maximum Gasteiger partial charge on any atom is 0.341 e. The van der Waals surface area contributed by atoms with Crippen LogP contribution in [0.5, 0.6) is 0 Å². The molecule has 1 aliphatic rings. The van der Waals surface area contributed by atoms with Crippen LogP contribution in [0.3, 0.4) is 0 Å². The van der Waals surface area contributed by atoms with Crippen LogP contribution in [0.4, 0.5) is 5.00 Å². The zero-order chi connectivity index (χ0) is 15.1. The number of ether oxygens (including phenoxy) is 1. The largest absolute Gasteiger partial charge is 0.459 e. The van der Waals surface area contributed by atoms with E-state index in [1.165, 1.54) is 4.88 Å². The molecule has 1 aromatic heterocycles. The van der Waals surface area contributed by atoms with E-state index in [0.29, 0.717) is 21.9 Å². The molecule has 0 bridgehead atoms. The van der Waals surface area contributed by atoms with Crippen LogP contribution in [0.2, 0.25) is 0 Å². The molecule has 20 heavy (non-hydrogen) atoms. The van der Waals surface area contributed by atoms with Gasteiger partial charge >= 0.3 is 5.97 Å². The van der Waals surface area contributed by atoms with Crippen LogP contribution in [-0.4, -0.2) is 12.1 Å². The van der Waals surface area contributed by atoms with Gasteiger partial charge in [0.05, 0.1) is 11.7 Å². The molecular formula is C16H25NO2S. The van der Waals surface area contributed by atoms with Gasteiger partial charge in [-0.2, -0.15) is 0 Å². The molecule has 0 amide bonds. The average molecular weight is 295 g/mol. The van der Waals surface area contributed by atoms with Gasteiger partial charge in [0.2, 0.25) is 0 Å². The monoisotopic (exact) mass is 295 g/mol. The number of carbonyl (C=O) groups is 1. The van der Waals surface area contributed by atoms with Crippen LogP contribution in [0.15, 0.2) is 0 Å². The Morgan fingerprint density at radius 2 is 2.05 bits per heavy atom. The molecule has 0 radical (unpaired) electrons. The second-order valence-electron chi connectivity index (χ2n) is 7.00. The van der Waals surface area contributed by atoms with E-state index >= 15 is 0 Å². The third kappa shape index (κ3) is 3.00.